The van der Waals surface area contributed by atoms with Gasteiger partial charge in [-0.3, -0.25) is 4.79 Å². The average molecular weight is 333 g/mol. The molecule has 0 heterocycles. The molecule has 0 unspecified atom stereocenters. The molecule has 4 heteroatoms. The highest BCUT2D eigenvalue weighted by molar-refractivity contribution is 6.30. The number of hydrogen-bond acceptors (Lipinski definition) is 2. The Bertz CT molecular complexity index is 691. The number of carbonyl (C=O) groups is 1. The Morgan fingerprint density at radius 2 is 1.83 bits per heavy atom. The van der Waals surface area contributed by atoms with Crippen molar-refractivity contribution >= 4 is 17.6 Å². The third kappa shape index (κ3) is 3.40. The van der Waals surface area contributed by atoms with Crippen LogP contribution in [0.4, 0.5) is 4.39 Å². The van der Waals surface area contributed by atoms with E-state index in [1.165, 1.54) is 12.1 Å². The van der Waals surface area contributed by atoms with Crippen LogP contribution in [0.5, 0.6) is 0 Å². The van der Waals surface area contributed by atoms with Crippen LogP contribution < -0.4 is 0 Å². The van der Waals surface area contributed by atoms with Crippen LogP contribution >= 0.6 is 11.6 Å². The highest BCUT2D eigenvalue weighted by Crippen LogP contribution is 2.42. The first kappa shape index (κ1) is 16.0. The standard InChI is InChI=1S/C19H18ClFO2/c20-16-8-6-14(7-9-16)13-23-18(22)19(10-1-2-11-19)15-4-3-5-17(21)12-15/h3-9,12H,1-2,10-11,13H2. The highest BCUT2D eigenvalue weighted by atomic mass is 35.5. The number of esters is 1. The first-order valence-electron chi connectivity index (χ1n) is 7.78. The van der Waals surface area contributed by atoms with Crippen molar-refractivity contribution in [3.63, 3.8) is 0 Å². The van der Waals surface area contributed by atoms with Crippen molar-refractivity contribution in [2.75, 3.05) is 0 Å². The lowest BCUT2D eigenvalue weighted by Crippen LogP contribution is -2.34. The number of hydrogen-bond donors (Lipinski definition) is 0. The average Bonchev–Trinajstić information content (AvgIpc) is 3.05. The van der Waals surface area contributed by atoms with Gasteiger partial charge >= 0.3 is 5.97 Å². The molecule has 0 radical (unpaired) electrons. The smallest absolute Gasteiger partial charge is 0.316 e. The number of carbonyl (C=O) groups excluding carboxylic acids is 1. The Labute approximate surface area is 140 Å². The van der Waals surface area contributed by atoms with Gasteiger partial charge in [-0.15, -0.1) is 0 Å². The minimum Gasteiger partial charge on any atom is -0.460 e. The van der Waals surface area contributed by atoms with E-state index in [1.807, 2.05) is 18.2 Å². The molecule has 0 aromatic heterocycles. The first-order valence-corrected chi connectivity index (χ1v) is 8.16. The summed E-state index contributed by atoms with van der Waals surface area (Å²) in [5, 5.41) is 0.645. The van der Waals surface area contributed by atoms with Gasteiger partial charge < -0.3 is 4.74 Å². The van der Waals surface area contributed by atoms with Crippen LogP contribution in [0.3, 0.4) is 0 Å². The molecule has 0 atom stereocenters. The van der Waals surface area contributed by atoms with E-state index in [-0.39, 0.29) is 18.4 Å². The summed E-state index contributed by atoms with van der Waals surface area (Å²) in [7, 11) is 0. The van der Waals surface area contributed by atoms with Crippen LogP contribution in [0, 0.1) is 5.82 Å². The summed E-state index contributed by atoms with van der Waals surface area (Å²) in [6.07, 6.45) is 3.31. The SMILES string of the molecule is O=C(OCc1ccc(Cl)cc1)C1(c2cccc(F)c2)CCCC1. The maximum Gasteiger partial charge on any atom is 0.316 e. The molecule has 1 fully saturated rings. The van der Waals surface area contributed by atoms with Crippen molar-refractivity contribution in [3.05, 3.63) is 70.5 Å². The summed E-state index contributed by atoms with van der Waals surface area (Å²) < 4.78 is 19.1. The van der Waals surface area contributed by atoms with Crippen molar-refractivity contribution in [2.45, 2.75) is 37.7 Å². The van der Waals surface area contributed by atoms with Gasteiger partial charge in [0.25, 0.3) is 0 Å². The summed E-state index contributed by atoms with van der Waals surface area (Å²) in [5.41, 5.74) is 0.889. The molecule has 1 aliphatic rings. The summed E-state index contributed by atoms with van der Waals surface area (Å²) >= 11 is 5.85. The van der Waals surface area contributed by atoms with Gasteiger partial charge in [-0.1, -0.05) is 48.7 Å². The van der Waals surface area contributed by atoms with Crippen molar-refractivity contribution in [1.82, 2.24) is 0 Å². The van der Waals surface area contributed by atoms with Gasteiger partial charge in [0.15, 0.2) is 0 Å². The van der Waals surface area contributed by atoms with Gasteiger partial charge in [-0.25, -0.2) is 4.39 Å². The molecular formula is C19H18ClFO2. The number of benzene rings is 2. The third-order valence-electron chi connectivity index (χ3n) is 4.51. The molecule has 0 spiro atoms. The topological polar surface area (TPSA) is 26.3 Å². The van der Waals surface area contributed by atoms with Crippen LogP contribution in [0.2, 0.25) is 5.02 Å². The molecular weight excluding hydrogens is 315 g/mol. The molecule has 1 aliphatic carbocycles. The fourth-order valence-corrected chi connectivity index (χ4v) is 3.37. The minimum absolute atomic E-state index is 0.201. The zero-order chi connectivity index (χ0) is 16.3. The van der Waals surface area contributed by atoms with E-state index >= 15 is 0 Å². The summed E-state index contributed by atoms with van der Waals surface area (Å²) in [6, 6.07) is 13.5. The van der Waals surface area contributed by atoms with Crippen molar-refractivity contribution < 1.29 is 13.9 Å². The second-order valence-corrected chi connectivity index (χ2v) is 6.44. The molecule has 0 bridgehead atoms. The predicted molar refractivity (Wildman–Crippen MR) is 87.8 cm³/mol. The minimum atomic E-state index is -0.714. The molecule has 120 valence electrons. The van der Waals surface area contributed by atoms with Crippen LogP contribution in [0.25, 0.3) is 0 Å². The molecule has 2 aromatic rings. The quantitative estimate of drug-likeness (QED) is 0.734. The lowest BCUT2D eigenvalue weighted by molar-refractivity contribution is -0.152. The van der Waals surface area contributed by atoms with Crippen LogP contribution in [0.1, 0.15) is 36.8 Å². The molecule has 2 nitrogen and oxygen atoms in total. The lowest BCUT2D eigenvalue weighted by Gasteiger charge is -2.27. The number of halogens is 2. The molecule has 0 saturated heterocycles. The maximum atomic E-state index is 13.6. The number of ether oxygens (including phenoxy) is 1. The zero-order valence-electron chi connectivity index (χ0n) is 12.7. The van der Waals surface area contributed by atoms with E-state index < -0.39 is 5.41 Å². The van der Waals surface area contributed by atoms with E-state index in [1.54, 1.807) is 18.2 Å². The fourth-order valence-electron chi connectivity index (χ4n) is 3.24. The van der Waals surface area contributed by atoms with E-state index in [4.69, 9.17) is 16.3 Å². The van der Waals surface area contributed by atoms with Gasteiger partial charge in [0.2, 0.25) is 0 Å². The molecule has 23 heavy (non-hydrogen) atoms. The third-order valence-corrected chi connectivity index (χ3v) is 4.76. The van der Waals surface area contributed by atoms with E-state index in [9.17, 15) is 9.18 Å². The summed E-state index contributed by atoms with van der Waals surface area (Å²) in [5.74, 6) is -0.588. The van der Waals surface area contributed by atoms with Crippen LogP contribution in [-0.4, -0.2) is 5.97 Å². The molecule has 0 amide bonds. The largest absolute Gasteiger partial charge is 0.460 e. The molecule has 3 rings (SSSR count). The van der Waals surface area contributed by atoms with Crippen LogP contribution in [0.15, 0.2) is 48.5 Å². The van der Waals surface area contributed by atoms with Gasteiger partial charge in [-0.05, 0) is 48.2 Å². The Balaban J connectivity index is 1.78. The van der Waals surface area contributed by atoms with Crippen molar-refractivity contribution in [3.8, 4) is 0 Å². The monoisotopic (exact) mass is 332 g/mol. The van der Waals surface area contributed by atoms with E-state index in [0.29, 0.717) is 17.9 Å². The van der Waals surface area contributed by atoms with Gasteiger partial charge in [-0.2, -0.15) is 0 Å². The van der Waals surface area contributed by atoms with Crippen molar-refractivity contribution in [1.29, 1.82) is 0 Å². The van der Waals surface area contributed by atoms with Gasteiger partial charge in [0, 0.05) is 5.02 Å². The van der Waals surface area contributed by atoms with E-state index in [0.717, 1.165) is 24.0 Å². The van der Waals surface area contributed by atoms with E-state index in [2.05, 4.69) is 0 Å². The number of rotatable bonds is 4. The zero-order valence-corrected chi connectivity index (χ0v) is 13.5. The maximum absolute atomic E-state index is 13.6. The second kappa shape index (κ2) is 6.71. The predicted octanol–water partition coefficient (Wildman–Crippen LogP) is 5.03. The molecule has 2 aromatic carbocycles. The Morgan fingerprint density at radius 1 is 1.13 bits per heavy atom. The Hall–Kier alpha value is -1.87. The second-order valence-electron chi connectivity index (χ2n) is 6.00. The Kier molecular flexibility index (Phi) is 4.67. The van der Waals surface area contributed by atoms with Gasteiger partial charge in [0.1, 0.15) is 12.4 Å². The summed E-state index contributed by atoms with van der Waals surface area (Å²) in [6.45, 7) is 0.201. The first-order chi connectivity index (χ1) is 11.1. The normalized spacial score (nSPS) is 16.3. The fraction of sp³-hybridized carbons (Fsp3) is 0.316. The van der Waals surface area contributed by atoms with Crippen molar-refractivity contribution in [2.24, 2.45) is 0 Å². The summed E-state index contributed by atoms with van der Waals surface area (Å²) in [4.78, 5) is 12.7. The molecule has 0 N–H and O–H groups in total. The van der Waals surface area contributed by atoms with Crippen LogP contribution in [-0.2, 0) is 21.6 Å². The molecule has 1 saturated carbocycles. The highest BCUT2D eigenvalue weighted by Gasteiger charge is 2.44. The lowest BCUT2D eigenvalue weighted by atomic mass is 9.79. The molecule has 0 aliphatic heterocycles. The van der Waals surface area contributed by atoms with Gasteiger partial charge in [0.05, 0.1) is 5.41 Å². The Morgan fingerprint density at radius 3 is 2.48 bits per heavy atom.